The third kappa shape index (κ3) is 3.85. The summed E-state index contributed by atoms with van der Waals surface area (Å²) < 4.78 is 28.1. The van der Waals surface area contributed by atoms with E-state index in [0.29, 0.717) is 16.6 Å². The Balaban J connectivity index is 1.60. The molecule has 1 aromatic heterocycles. The number of thioether (sulfide) groups is 1. The lowest BCUT2D eigenvalue weighted by atomic mass is 10.2. The normalized spacial score (nSPS) is 14.5. The molecule has 3 aromatic rings. The van der Waals surface area contributed by atoms with E-state index in [-0.39, 0.29) is 0 Å². The Bertz CT molecular complexity index is 1070. The molecule has 0 saturated heterocycles. The molecule has 0 radical (unpaired) electrons. The first-order valence-corrected chi connectivity index (χ1v) is 11.5. The maximum atomic E-state index is 12.4. The molecular weight excluding hydrogens is 392 g/mol. The number of benzene rings is 2. The molecule has 0 atom stereocenters. The van der Waals surface area contributed by atoms with E-state index in [0.717, 1.165) is 35.1 Å². The van der Waals surface area contributed by atoms with Gasteiger partial charge in [-0.1, -0.05) is 42.1 Å². The van der Waals surface area contributed by atoms with Gasteiger partial charge in [0, 0.05) is 31.5 Å². The van der Waals surface area contributed by atoms with Crippen molar-refractivity contribution >= 4 is 21.8 Å². The average Bonchev–Trinajstić information content (AvgIpc) is 3.46. The molecule has 0 N–H and O–H groups in total. The number of nitrogens with zero attached hydrogens (tertiary/aromatic N) is 4. The van der Waals surface area contributed by atoms with Crippen LogP contribution in [0.15, 0.2) is 64.6 Å². The molecule has 0 unspecified atom stereocenters. The van der Waals surface area contributed by atoms with Crippen LogP contribution >= 0.6 is 11.8 Å². The summed E-state index contributed by atoms with van der Waals surface area (Å²) in [4.78, 5) is 0.304. The summed E-state index contributed by atoms with van der Waals surface area (Å²) in [6.07, 6.45) is 2.31. The molecule has 0 aliphatic heterocycles. The van der Waals surface area contributed by atoms with Crippen molar-refractivity contribution in [2.75, 3.05) is 14.1 Å². The summed E-state index contributed by atoms with van der Waals surface area (Å²) in [5.74, 6) is 2.11. The van der Waals surface area contributed by atoms with E-state index in [1.807, 2.05) is 24.3 Å². The van der Waals surface area contributed by atoms with Crippen LogP contribution in [0.25, 0.3) is 5.69 Å². The maximum Gasteiger partial charge on any atom is 0.242 e. The highest BCUT2D eigenvalue weighted by molar-refractivity contribution is 7.98. The minimum atomic E-state index is -3.44. The highest BCUT2D eigenvalue weighted by Gasteiger charge is 2.31. The molecule has 146 valence electrons. The minimum absolute atomic E-state index is 0.304. The van der Waals surface area contributed by atoms with Crippen molar-refractivity contribution < 1.29 is 8.42 Å². The van der Waals surface area contributed by atoms with Crippen molar-refractivity contribution in [1.29, 1.82) is 0 Å². The van der Waals surface area contributed by atoms with Gasteiger partial charge in [-0.25, -0.2) is 12.7 Å². The highest BCUT2D eigenvalue weighted by Crippen LogP contribution is 2.41. The molecule has 1 fully saturated rings. The third-order valence-corrected chi connectivity index (χ3v) is 7.47. The highest BCUT2D eigenvalue weighted by atomic mass is 32.2. The number of hydrogen-bond acceptors (Lipinski definition) is 5. The summed E-state index contributed by atoms with van der Waals surface area (Å²) in [6.45, 7) is 0. The summed E-state index contributed by atoms with van der Waals surface area (Å²) in [7, 11) is -0.361. The van der Waals surface area contributed by atoms with E-state index < -0.39 is 10.0 Å². The molecule has 8 heteroatoms. The number of aromatic nitrogens is 3. The number of sulfonamides is 1. The van der Waals surface area contributed by atoms with Gasteiger partial charge >= 0.3 is 0 Å². The minimum Gasteiger partial charge on any atom is -0.274 e. The van der Waals surface area contributed by atoms with Crippen LogP contribution in [0.4, 0.5) is 0 Å². The predicted molar refractivity (Wildman–Crippen MR) is 110 cm³/mol. The monoisotopic (exact) mass is 414 g/mol. The Labute approximate surface area is 169 Å². The van der Waals surface area contributed by atoms with Gasteiger partial charge < -0.3 is 0 Å². The summed E-state index contributed by atoms with van der Waals surface area (Å²) in [5, 5.41) is 9.68. The van der Waals surface area contributed by atoms with E-state index >= 15 is 0 Å². The lowest BCUT2D eigenvalue weighted by Gasteiger charge is -2.12. The summed E-state index contributed by atoms with van der Waals surface area (Å²) >= 11 is 1.57. The molecule has 6 nitrogen and oxygen atoms in total. The lowest BCUT2D eigenvalue weighted by Crippen LogP contribution is -2.22. The zero-order valence-corrected chi connectivity index (χ0v) is 17.4. The van der Waals surface area contributed by atoms with Crippen LogP contribution in [-0.2, 0) is 15.8 Å². The van der Waals surface area contributed by atoms with Crippen molar-refractivity contribution in [1.82, 2.24) is 19.1 Å². The fraction of sp³-hybridized carbons (Fsp3) is 0.300. The van der Waals surface area contributed by atoms with Gasteiger partial charge in [-0.2, -0.15) is 0 Å². The van der Waals surface area contributed by atoms with Gasteiger partial charge in [-0.15, -0.1) is 10.2 Å². The van der Waals surface area contributed by atoms with Crippen LogP contribution in [0, 0.1) is 0 Å². The van der Waals surface area contributed by atoms with Gasteiger partial charge in [0.25, 0.3) is 0 Å². The molecule has 1 heterocycles. The third-order valence-electron chi connectivity index (χ3n) is 4.66. The Morgan fingerprint density at radius 3 is 2.50 bits per heavy atom. The van der Waals surface area contributed by atoms with E-state index in [2.05, 4.69) is 26.9 Å². The van der Waals surface area contributed by atoms with Crippen molar-refractivity contribution in [3.05, 3.63) is 66.0 Å². The van der Waals surface area contributed by atoms with Crippen molar-refractivity contribution in [2.24, 2.45) is 0 Å². The van der Waals surface area contributed by atoms with Gasteiger partial charge in [0.2, 0.25) is 10.0 Å². The molecule has 1 aliphatic carbocycles. The zero-order valence-electron chi connectivity index (χ0n) is 15.8. The van der Waals surface area contributed by atoms with E-state index in [4.69, 9.17) is 0 Å². The number of rotatable bonds is 7. The first-order chi connectivity index (χ1) is 13.5. The zero-order chi connectivity index (χ0) is 19.7. The van der Waals surface area contributed by atoms with Crippen LogP contribution in [0.1, 0.15) is 30.1 Å². The molecule has 2 aromatic carbocycles. The Morgan fingerprint density at radius 2 is 1.82 bits per heavy atom. The molecule has 1 aliphatic rings. The molecule has 1 saturated carbocycles. The van der Waals surface area contributed by atoms with E-state index in [9.17, 15) is 8.42 Å². The standard InChI is InChI=1S/C20H22N4O2S2/c1-23(2)28(25,26)18-10-6-7-15(13-18)14-27-20-22-21-19(16-11-12-16)24(20)17-8-4-3-5-9-17/h3-10,13,16H,11-12,14H2,1-2H3. The largest absolute Gasteiger partial charge is 0.274 e. The van der Waals surface area contributed by atoms with Crippen molar-refractivity contribution in [3.63, 3.8) is 0 Å². The lowest BCUT2D eigenvalue weighted by molar-refractivity contribution is 0.520. The molecular formula is C20H22N4O2S2. The Morgan fingerprint density at radius 1 is 1.07 bits per heavy atom. The molecule has 4 rings (SSSR count). The average molecular weight is 415 g/mol. The van der Waals surface area contributed by atoms with E-state index in [1.165, 1.54) is 4.31 Å². The first kappa shape index (κ1) is 19.2. The van der Waals surface area contributed by atoms with Crippen LogP contribution in [0.2, 0.25) is 0 Å². The second-order valence-corrected chi connectivity index (χ2v) is 10.1. The second kappa shape index (κ2) is 7.69. The van der Waals surface area contributed by atoms with Crippen LogP contribution < -0.4 is 0 Å². The fourth-order valence-corrected chi connectivity index (χ4v) is 4.83. The van der Waals surface area contributed by atoms with Gasteiger partial charge in [0.1, 0.15) is 5.82 Å². The number of para-hydroxylation sites is 1. The van der Waals surface area contributed by atoms with Crippen LogP contribution in [-0.4, -0.2) is 41.6 Å². The topological polar surface area (TPSA) is 68.1 Å². The first-order valence-electron chi connectivity index (χ1n) is 9.12. The van der Waals surface area contributed by atoms with Gasteiger partial charge in [0.05, 0.1) is 4.90 Å². The van der Waals surface area contributed by atoms with Gasteiger partial charge in [-0.3, -0.25) is 4.57 Å². The molecule has 0 bridgehead atoms. The van der Waals surface area contributed by atoms with Crippen LogP contribution in [0.3, 0.4) is 0 Å². The molecule has 0 amide bonds. The Hall–Kier alpha value is -2.16. The Kier molecular flexibility index (Phi) is 5.27. The predicted octanol–water partition coefficient (Wildman–Crippen LogP) is 3.69. The molecule has 28 heavy (non-hydrogen) atoms. The van der Waals surface area contributed by atoms with Crippen molar-refractivity contribution in [3.8, 4) is 5.69 Å². The SMILES string of the molecule is CN(C)S(=O)(=O)c1cccc(CSc2nnc(C3CC3)n2-c2ccccc2)c1. The van der Waals surface area contributed by atoms with Gasteiger partial charge in [-0.05, 0) is 42.7 Å². The summed E-state index contributed by atoms with van der Waals surface area (Å²) in [5.41, 5.74) is 1.99. The van der Waals surface area contributed by atoms with E-state index in [1.54, 1.807) is 44.1 Å². The van der Waals surface area contributed by atoms with Gasteiger partial charge in [0.15, 0.2) is 5.16 Å². The fourth-order valence-electron chi connectivity index (χ4n) is 2.95. The quantitative estimate of drug-likeness (QED) is 0.552. The van der Waals surface area contributed by atoms with Crippen LogP contribution in [0.5, 0.6) is 0 Å². The van der Waals surface area contributed by atoms with Crippen molar-refractivity contribution in [2.45, 2.75) is 34.6 Å². The summed E-state index contributed by atoms with van der Waals surface area (Å²) in [6, 6.07) is 17.2. The second-order valence-electron chi connectivity index (χ2n) is 7.01. The molecule has 0 spiro atoms. The number of hydrogen-bond donors (Lipinski definition) is 0. The maximum absolute atomic E-state index is 12.4. The smallest absolute Gasteiger partial charge is 0.242 e.